The summed E-state index contributed by atoms with van der Waals surface area (Å²) in [6, 6.07) is 2.67. The van der Waals surface area contributed by atoms with Crippen LogP contribution in [0.15, 0.2) is 12.1 Å². The van der Waals surface area contributed by atoms with Gasteiger partial charge in [0.05, 0.1) is 23.2 Å². The quantitative estimate of drug-likeness (QED) is 0.560. The van der Waals surface area contributed by atoms with Gasteiger partial charge in [0.15, 0.2) is 11.5 Å². The van der Waals surface area contributed by atoms with Gasteiger partial charge in [0.2, 0.25) is 6.79 Å². The normalized spacial score (nSPS) is 12.9. The van der Waals surface area contributed by atoms with Crippen molar-refractivity contribution in [1.82, 2.24) is 0 Å². The zero-order valence-corrected chi connectivity index (χ0v) is 7.10. The molecule has 2 rings (SSSR count). The summed E-state index contributed by atoms with van der Waals surface area (Å²) in [5, 5.41) is 19.5. The van der Waals surface area contributed by atoms with Crippen molar-refractivity contribution in [2.75, 3.05) is 6.79 Å². The van der Waals surface area contributed by atoms with E-state index in [0.717, 1.165) is 0 Å². The molecule has 0 atom stereocenters. The van der Waals surface area contributed by atoms with Gasteiger partial charge in [-0.05, 0) is 6.07 Å². The van der Waals surface area contributed by atoms with Crippen molar-refractivity contribution in [1.29, 1.82) is 0 Å². The number of nitro benzene ring substituents is 1. The number of hydrogen-bond donors (Lipinski definition) is 1. The first kappa shape index (κ1) is 8.76. The van der Waals surface area contributed by atoms with Crippen LogP contribution in [0.5, 0.6) is 11.5 Å². The Morgan fingerprint density at radius 2 is 2.07 bits per heavy atom. The van der Waals surface area contributed by atoms with E-state index >= 15 is 0 Å². The number of hydrogen-bond acceptors (Lipinski definition) is 5. The summed E-state index contributed by atoms with van der Waals surface area (Å²) in [7, 11) is 0. The maximum Gasteiger partial charge on any atom is 0.278 e. The van der Waals surface area contributed by atoms with Crippen molar-refractivity contribution in [3.05, 3.63) is 27.8 Å². The second-order valence-electron chi connectivity index (χ2n) is 2.75. The molecule has 0 radical (unpaired) electrons. The molecule has 0 fully saturated rings. The maximum absolute atomic E-state index is 10.6. The lowest BCUT2D eigenvalue weighted by molar-refractivity contribution is -0.385. The van der Waals surface area contributed by atoms with E-state index in [1.165, 1.54) is 12.1 Å². The number of rotatable bonds is 2. The molecule has 6 heteroatoms. The summed E-state index contributed by atoms with van der Waals surface area (Å²) in [4.78, 5) is 10.0. The van der Waals surface area contributed by atoms with Crippen LogP contribution in [0.3, 0.4) is 0 Å². The Balaban J connectivity index is 2.54. The molecule has 1 aromatic carbocycles. The van der Waals surface area contributed by atoms with E-state index in [-0.39, 0.29) is 18.0 Å². The van der Waals surface area contributed by atoms with Gasteiger partial charge in [-0.15, -0.1) is 0 Å². The fourth-order valence-electron chi connectivity index (χ4n) is 1.27. The molecule has 0 amide bonds. The second kappa shape index (κ2) is 3.15. The fourth-order valence-corrected chi connectivity index (χ4v) is 1.27. The minimum absolute atomic E-state index is 0.0569. The molecule has 0 unspecified atom stereocenters. The molecule has 1 aliphatic heterocycles. The highest BCUT2D eigenvalue weighted by Gasteiger charge is 2.22. The van der Waals surface area contributed by atoms with Crippen LogP contribution >= 0.6 is 0 Å². The Morgan fingerprint density at radius 3 is 2.64 bits per heavy atom. The van der Waals surface area contributed by atoms with Gasteiger partial charge >= 0.3 is 0 Å². The average molecular weight is 197 g/mol. The summed E-state index contributed by atoms with van der Waals surface area (Å²) in [6.45, 7) is -0.339. The van der Waals surface area contributed by atoms with Gasteiger partial charge in [-0.3, -0.25) is 10.1 Å². The van der Waals surface area contributed by atoms with Crippen molar-refractivity contribution in [2.24, 2.45) is 0 Å². The number of ether oxygens (including phenoxy) is 2. The molecular formula is C8H7NO5. The number of benzene rings is 1. The third-order valence-corrected chi connectivity index (χ3v) is 1.94. The summed E-state index contributed by atoms with van der Waals surface area (Å²) in [5.74, 6) is 0.772. The summed E-state index contributed by atoms with van der Waals surface area (Å²) in [6.07, 6.45) is 0. The van der Waals surface area contributed by atoms with Crippen LogP contribution in [-0.2, 0) is 6.61 Å². The highest BCUT2D eigenvalue weighted by molar-refractivity contribution is 5.54. The predicted octanol–water partition coefficient (Wildman–Crippen LogP) is 0.816. The number of fused-ring (bicyclic) bond motifs is 1. The molecule has 1 aliphatic rings. The number of nitro groups is 1. The van der Waals surface area contributed by atoms with Crippen LogP contribution in [0.2, 0.25) is 0 Å². The third kappa shape index (κ3) is 1.25. The Hall–Kier alpha value is -1.82. The molecule has 0 saturated carbocycles. The van der Waals surface area contributed by atoms with E-state index in [1.807, 2.05) is 0 Å². The van der Waals surface area contributed by atoms with Crippen LogP contribution < -0.4 is 9.47 Å². The van der Waals surface area contributed by atoms with Crippen LogP contribution in [0.4, 0.5) is 5.69 Å². The van der Waals surface area contributed by atoms with Crippen LogP contribution in [-0.4, -0.2) is 16.8 Å². The average Bonchev–Trinajstić information content (AvgIpc) is 2.62. The fraction of sp³-hybridized carbons (Fsp3) is 0.250. The number of aliphatic hydroxyl groups excluding tert-OH is 1. The van der Waals surface area contributed by atoms with Gasteiger partial charge in [-0.1, -0.05) is 0 Å². The molecule has 0 spiro atoms. The zero-order chi connectivity index (χ0) is 10.1. The summed E-state index contributed by atoms with van der Waals surface area (Å²) < 4.78 is 10.0. The Morgan fingerprint density at radius 1 is 1.43 bits per heavy atom. The van der Waals surface area contributed by atoms with Gasteiger partial charge in [0.1, 0.15) is 0 Å². The van der Waals surface area contributed by atoms with E-state index in [0.29, 0.717) is 11.5 Å². The monoisotopic (exact) mass is 197 g/mol. The minimum Gasteiger partial charge on any atom is -0.454 e. The lowest BCUT2D eigenvalue weighted by Crippen LogP contribution is -1.95. The first-order valence-corrected chi connectivity index (χ1v) is 3.90. The molecule has 0 aromatic heterocycles. The van der Waals surface area contributed by atoms with E-state index in [1.54, 1.807) is 0 Å². The molecule has 0 bridgehead atoms. The van der Waals surface area contributed by atoms with Gasteiger partial charge in [0, 0.05) is 0 Å². The van der Waals surface area contributed by atoms with E-state index in [4.69, 9.17) is 14.6 Å². The SMILES string of the molecule is O=[N+]([O-])c1cc2c(cc1CO)OCO2. The lowest BCUT2D eigenvalue weighted by atomic mass is 10.1. The molecule has 6 nitrogen and oxygen atoms in total. The third-order valence-electron chi connectivity index (χ3n) is 1.94. The van der Waals surface area contributed by atoms with Crippen molar-refractivity contribution in [3.63, 3.8) is 0 Å². The van der Waals surface area contributed by atoms with Crippen molar-refractivity contribution < 1.29 is 19.5 Å². The van der Waals surface area contributed by atoms with Crippen molar-refractivity contribution in [3.8, 4) is 11.5 Å². The molecular weight excluding hydrogens is 190 g/mol. The minimum atomic E-state index is -0.562. The molecule has 14 heavy (non-hydrogen) atoms. The standard InChI is InChI=1S/C8H7NO5/c10-3-5-1-7-8(14-4-13-7)2-6(5)9(11)12/h1-2,10H,3-4H2. The molecule has 0 aliphatic carbocycles. The lowest BCUT2D eigenvalue weighted by Gasteiger charge is -2.01. The van der Waals surface area contributed by atoms with Crippen LogP contribution in [0, 0.1) is 10.1 Å². The molecule has 1 heterocycles. The van der Waals surface area contributed by atoms with E-state index < -0.39 is 11.5 Å². The van der Waals surface area contributed by atoms with Crippen molar-refractivity contribution in [2.45, 2.75) is 6.61 Å². The second-order valence-corrected chi connectivity index (χ2v) is 2.75. The zero-order valence-electron chi connectivity index (χ0n) is 7.10. The van der Waals surface area contributed by atoms with E-state index in [2.05, 4.69) is 0 Å². The van der Waals surface area contributed by atoms with Gasteiger partial charge in [-0.25, -0.2) is 0 Å². The molecule has 74 valence electrons. The molecule has 1 N–H and O–H groups in total. The number of nitrogens with zero attached hydrogens (tertiary/aromatic N) is 1. The predicted molar refractivity (Wildman–Crippen MR) is 45.1 cm³/mol. The maximum atomic E-state index is 10.6. The van der Waals surface area contributed by atoms with Crippen molar-refractivity contribution >= 4 is 5.69 Å². The van der Waals surface area contributed by atoms with Gasteiger partial charge in [0.25, 0.3) is 5.69 Å². The first-order chi connectivity index (χ1) is 6.72. The Bertz CT molecular complexity index is 390. The summed E-state index contributed by atoms with van der Waals surface area (Å²) in [5.41, 5.74) is 0.0657. The first-order valence-electron chi connectivity index (χ1n) is 3.90. The van der Waals surface area contributed by atoms with Gasteiger partial charge in [-0.2, -0.15) is 0 Å². The highest BCUT2D eigenvalue weighted by Crippen LogP contribution is 2.37. The highest BCUT2D eigenvalue weighted by atomic mass is 16.7. The summed E-state index contributed by atoms with van der Waals surface area (Å²) >= 11 is 0. The Kier molecular flexibility index (Phi) is 1.97. The topological polar surface area (TPSA) is 81.8 Å². The van der Waals surface area contributed by atoms with Gasteiger partial charge < -0.3 is 14.6 Å². The van der Waals surface area contributed by atoms with E-state index in [9.17, 15) is 10.1 Å². The van der Waals surface area contributed by atoms with Crippen LogP contribution in [0.25, 0.3) is 0 Å². The molecule has 0 saturated heterocycles. The smallest absolute Gasteiger partial charge is 0.278 e. The number of aliphatic hydroxyl groups is 1. The molecule has 1 aromatic rings. The Labute approximate surface area is 78.8 Å². The largest absolute Gasteiger partial charge is 0.454 e. The van der Waals surface area contributed by atoms with Crippen LogP contribution in [0.1, 0.15) is 5.56 Å².